The third kappa shape index (κ3) is 3.26. The van der Waals surface area contributed by atoms with E-state index < -0.39 is 0 Å². The number of hydrogen-bond acceptors (Lipinski definition) is 2. The summed E-state index contributed by atoms with van der Waals surface area (Å²) in [5.41, 5.74) is 2.88. The molecule has 0 spiro atoms. The molecule has 1 heterocycles. The molecule has 1 unspecified atom stereocenters. The van der Waals surface area contributed by atoms with E-state index in [4.69, 9.17) is 0 Å². The molecule has 2 heteroatoms. The van der Waals surface area contributed by atoms with Crippen molar-refractivity contribution in [1.29, 1.82) is 0 Å². The van der Waals surface area contributed by atoms with Crippen molar-refractivity contribution >= 4 is 5.69 Å². The maximum Gasteiger partial charge on any atom is 0.0414 e. The molecule has 0 fully saturated rings. The highest BCUT2D eigenvalue weighted by Gasteiger charge is 2.18. The van der Waals surface area contributed by atoms with Gasteiger partial charge in [-0.05, 0) is 25.0 Å². The van der Waals surface area contributed by atoms with E-state index in [-0.39, 0.29) is 0 Å². The molecule has 1 aromatic carbocycles. The number of anilines is 1. The molecule has 0 aliphatic carbocycles. The summed E-state index contributed by atoms with van der Waals surface area (Å²) in [6.45, 7) is 7.87. The molecule has 0 saturated heterocycles. The summed E-state index contributed by atoms with van der Waals surface area (Å²) in [5, 5.41) is 3.51. The Balaban J connectivity index is 2.07. The van der Waals surface area contributed by atoms with Crippen LogP contribution in [0, 0.1) is 0 Å². The van der Waals surface area contributed by atoms with Crippen molar-refractivity contribution in [2.24, 2.45) is 0 Å². The Kier molecular flexibility index (Phi) is 5.06. The molecule has 0 aromatic heterocycles. The molecule has 1 aromatic rings. The zero-order valence-corrected chi connectivity index (χ0v) is 11.8. The van der Waals surface area contributed by atoms with Crippen LogP contribution in [0.25, 0.3) is 0 Å². The molecule has 1 atom stereocenters. The SMILES string of the molecule is CCCCCC(C)N1CCNCc2ccccc21. The summed E-state index contributed by atoms with van der Waals surface area (Å²) in [4.78, 5) is 2.59. The lowest BCUT2D eigenvalue weighted by atomic mass is 10.1. The van der Waals surface area contributed by atoms with Gasteiger partial charge in [-0.15, -0.1) is 0 Å². The Morgan fingerprint density at radius 2 is 2.11 bits per heavy atom. The molecule has 18 heavy (non-hydrogen) atoms. The summed E-state index contributed by atoms with van der Waals surface area (Å²) in [7, 11) is 0. The van der Waals surface area contributed by atoms with Gasteiger partial charge in [0.15, 0.2) is 0 Å². The molecule has 2 nitrogen and oxygen atoms in total. The maximum atomic E-state index is 3.51. The van der Waals surface area contributed by atoms with Gasteiger partial charge in [0.05, 0.1) is 0 Å². The second-order valence-corrected chi connectivity index (χ2v) is 5.34. The van der Waals surface area contributed by atoms with E-state index in [1.54, 1.807) is 0 Å². The zero-order chi connectivity index (χ0) is 12.8. The van der Waals surface area contributed by atoms with Crippen molar-refractivity contribution in [2.75, 3.05) is 18.0 Å². The second kappa shape index (κ2) is 6.79. The molecule has 0 bridgehead atoms. The normalized spacial score (nSPS) is 17.1. The molecule has 1 N–H and O–H groups in total. The van der Waals surface area contributed by atoms with Gasteiger partial charge in [-0.25, -0.2) is 0 Å². The van der Waals surface area contributed by atoms with Crippen LogP contribution in [-0.2, 0) is 6.54 Å². The number of nitrogens with zero attached hydrogens (tertiary/aromatic N) is 1. The molecular formula is C16H26N2. The summed E-state index contributed by atoms with van der Waals surface area (Å²) in [6, 6.07) is 9.48. The van der Waals surface area contributed by atoms with E-state index in [1.165, 1.54) is 36.9 Å². The van der Waals surface area contributed by atoms with Gasteiger partial charge in [0.1, 0.15) is 0 Å². The third-order valence-corrected chi connectivity index (χ3v) is 3.90. The lowest BCUT2D eigenvalue weighted by Gasteiger charge is -2.31. The molecule has 1 aliphatic heterocycles. The number of hydrogen-bond donors (Lipinski definition) is 1. The summed E-state index contributed by atoms with van der Waals surface area (Å²) >= 11 is 0. The fourth-order valence-corrected chi connectivity index (χ4v) is 2.79. The van der Waals surface area contributed by atoms with Gasteiger partial charge in [0.2, 0.25) is 0 Å². The fourth-order valence-electron chi connectivity index (χ4n) is 2.79. The van der Waals surface area contributed by atoms with Crippen molar-refractivity contribution in [1.82, 2.24) is 5.32 Å². The van der Waals surface area contributed by atoms with Crippen LogP contribution >= 0.6 is 0 Å². The highest BCUT2D eigenvalue weighted by molar-refractivity contribution is 5.55. The molecule has 0 amide bonds. The van der Waals surface area contributed by atoms with E-state index >= 15 is 0 Å². The minimum Gasteiger partial charge on any atom is -0.367 e. The predicted molar refractivity (Wildman–Crippen MR) is 79.1 cm³/mol. The summed E-state index contributed by atoms with van der Waals surface area (Å²) in [6.07, 6.45) is 5.33. The van der Waals surface area contributed by atoms with Crippen LogP contribution in [0.2, 0.25) is 0 Å². The van der Waals surface area contributed by atoms with Crippen molar-refractivity contribution < 1.29 is 0 Å². The number of unbranched alkanes of at least 4 members (excludes halogenated alkanes) is 2. The van der Waals surface area contributed by atoms with Crippen molar-refractivity contribution in [3.05, 3.63) is 29.8 Å². The van der Waals surface area contributed by atoms with Crippen molar-refractivity contribution in [3.8, 4) is 0 Å². The highest BCUT2D eigenvalue weighted by Crippen LogP contribution is 2.25. The molecule has 100 valence electrons. The van der Waals surface area contributed by atoms with E-state index in [0.717, 1.165) is 19.6 Å². The fraction of sp³-hybridized carbons (Fsp3) is 0.625. The quantitative estimate of drug-likeness (QED) is 0.799. The van der Waals surface area contributed by atoms with E-state index in [9.17, 15) is 0 Å². The van der Waals surface area contributed by atoms with Gasteiger partial charge in [-0.3, -0.25) is 0 Å². The summed E-state index contributed by atoms with van der Waals surface area (Å²) < 4.78 is 0. The number of nitrogens with one attached hydrogen (secondary N) is 1. The number of para-hydroxylation sites is 1. The van der Waals surface area contributed by atoms with Crippen molar-refractivity contribution in [3.63, 3.8) is 0 Å². The minimum atomic E-state index is 0.651. The zero-order valence-electron chi connectivity index (χ0n) is 11.8. The molecule has 2 rings (SSSR count). The van der Waals surface area contributed by atoms with Gasteiger partial charge in [0, 0.05) is 31.4 Å². The molecule has 0 saturated carbocycles. The van der Waals surface area contributed by atoms with Gasteiger partial charge >= 0.3 is 0 Å². The lowest BCUT2D eigenvalue weighted by Crippen LogP contribution is -2.36. The predicted octanol–water partition coefficient (Wildman–Crippen LogP) is 3.57. The van der Waals surface area contributed by atoms with Gasteiger partial charge < -0.3 is 10.2 Å². The van der Waals surface area contributed by atoms with Crippen LogP contribution in [0.15, 0.2) is 24.3 Å². The first-order valence-corrected chi connectivity index (χ1v) is 7.38. The first-order chi connectivity index (χ1) is 8.83. The molecule has 0 radical (unpaired) electrons. The van der Waals surface area contributed by atoms with E-state index in [1.807, 2.05) is 0 Å². The van der Waals surface area contributed by atoms with Crippen LogP contribution < -0.4 is 10.2 Å². The van der Waals surface area contributed by atoms with E-state index in [0.29, 0.717) is 6.04 Å². The van der Waals surface area contributed by atoms with E-state index in [2.05, 4.69) is 48.3 Å². The first kappa shape index (κ1) is 13.4. The topological polar surface area (TPSA) is 15.3 Å². The van der Waals surface area contributed by atoms with Crippen LogP contribution in [-0.4, -0.2) is 19.1 Å². The Hall–Kier alpha value is -1.02. The first-order valence-electron chi connectivity index (χ1n) is 7.38. The van der Waals surface area contributed by atoms with Crippen LogP contribution in [0.4, 0.5) is 5.69 Å². The lowest BCUT2D eigenvalue weighted by molar-refractivity contribution is 0.543. The van der Waals surface area contributed by atoms with Crippen LogP contribution in [0.1, 0.15) is 45.1 Å². The van der Waals surface area contributed by atoms with Gasteiger partial charge in [-0.2, -0.15) is 0 Å². The molecular weight excluding hydrogens is 220 g/mol. The maximum absolute atomic E-state index is 3.51. The summed E-state index contributed by atoms with van der Waals surface area (Å²) in [5.74, 6) is 0. The molecule has 1 aliphatic rings. The van der Waals surface area contributed by atoms with Gasteiger partial charge in [-0.1, -0.05) is 44.4 Å². The largest absolute Gasteiger partial charge is 0.367 e. The minimum absolute atomic E-state index is 0.651. The Labute approximate surface area is 111 Å². The smallest absolute Gasteiger partial charge is 0.0414 e. The average Bonchev–Trinajstić information content (AvgIpc) is 2.61. The third-order valence-electron chi connectivity index (χ3n) is 3.90. The number of benzene rings is 1. The second-order valence-electron chi connectivity index (χ2n) is 5.34. The Bertz CT molecular complexity index is 362. The number of rotatable bonds is 5. The number of fused-ring (bicyclic) bond motifs is 1. The Morgan fingerprint density at radius 1 is 1.28 bits per heavy atom. The standard InChI is InChI=1S/C16H26N2/c1-3-4-5-8-14(2)18-12-11-17-13-15-9-6-7-10-16(15)18/h6-7,9-10,14,17H,3-5,8,11-13H2,1-2H3. The van der Waals surface area contributed by atoms with Crippen LogP contribution in [0.3, 0.4) is 0 Å². The van der Waals surface area contributed by atoms with Crippen molar-refractivity contribution in [2.45, 2.75) is 52.1 Å². The monoisotopic (exact) mass is 246 g/mol. The Morgan fingerprint density at radius 3 is 2.94 bits per heavy atom. The van der Waals surface area contributed by atoms with Gasteiger partial charge in [0.25, 0.3) is 0 Å². The van der Waals surface area contributed by atoms with Crippen LogP contribution in [0.5, 0.6) is 0 Å². The average molecular weight is 246 g/mol. The highest BCUT2D eigenvalue weighted by atomic mass is 15.2.